The number of rotatable bonds is 3. The minimum atomic E-state index is -4.09. The van der Waals surface area contributed by atoms with Crippen molar-refractivity contribution in [2.75, 3.05) is 0 Å². The van der Waals surface area contributed by atoms with Gasteiger partial charge in [-0.25, -0.2) is 4.39 Å². The summed E-state index contributed by atoms with van der Waals surface area (Å²) < 4.78 is 45.4. The van der Waals surface area contributed by atoms with Crippen molar-refractivity contribution in [3.8, 4) is 5.75 Å². The first-order valence-electron chi connectivity index (χ1n) is 6.90. The largest absolute Gasteiger partial charge is 0.378 e. The third kappa shape index (κ3) is 3.58. The van der Waals surface area contributed by atoms with Crippen LogP contribution in [0, 0.1) is 19.7 Å². The average Bonchev–Trinajstić information content (AvgIpc) is 2.68. The van der Waals surface area contributed by atoms with Crippen molar-refractivity contribution in [1.29, 1.82) is 0 Å². The molecular weight excluding hydrogens is 387 g/mol. The molecule has 2 aromatic rings. The van der Waals surface area contributed by atoms with Gasteiger partial charge in [-0.15, -0.1) is 0 Å². The first-order valence-corrected chi connectivity index (χ1v) is 9.10. The van der Waals surface area contributed by atoms with Crippen LogP contribution in [0.25, 0.3) is 0 Å². The van der Waals surface area contributed by atoms with Crippen molar-refractivity contribution in [1.82, 2.24) is 9.78 Å². The monoisotopic (exact) mass is 404 g/mol. The van der Waals surface area contributed by atoms with E-state index in [1.807, 2.05) is 20.8 Å². The van der Waals surface area contributed by atoms with E-state index in [1.54, 1.807) is 18.5 Å². The van der Waals surface area contributed by atoms with Crippen LogP contribution >= 0.6 is 15.9 Å². The molecule has 1 aromatic heterocycles. The summed E-state index contributed by atoms with van der Waals surface area (Å²) in [5.41, 5.74) is 0.489. The molecule has 0 bridgehead atoms. The molecule has 23 heavy (non-hydrogen) atoms. The summed E-state index contributed by atoms with van der Waals surface area (Å²) in [6.45, 7) is 9.09. The predicted molar refractivity (Wildman–Crippen MR) is 88.6 cm³/mol. The maximum Gasteiger partial charge on any atom is 0.342 e. The van der Waals surface area contributed by atoms with E-state index in [2.05, 4.69) is 21.0 Å². The van der Waals surface area contributed by atoms with Crippen molar-refractivity contribution in [3.63, 3.8) is 0 Å². The van der Waals surface area contributed by atoms with Crippen molar-refractivity contribution < 1.29 is 17.0 Å². The van der Waals surface area contributed by atoms with Crippen LogP contribution in [0.2, 0.25) is 0 Å². The standard InChI is InChI=1S/C15H18BrFN2O3S/c1-9-14(10(2)19(18-9)15(3,4)5)23(20,21)22-13-7-6-11(17)8-12(13)16/h6-8H,1-5H3. The average molecular weight is 405 g/mol. The van der Waals surface area contributed by atoms with Gasteiger partial charge in [-0.2, -0.15) is 13.5 Å². The molecule has 0 unspecified atom stereocenters. The van der Waals surface area contributed by atoms with Crippen LogP contribution in [-0.4, -0.2) is 18.2 Å². The van der Waals surface area contributed by atoms with Gasteiger partial charge in [0.05, 0.1) is 21.4 Å². The maximum atomic E-state index is 13.1. The fourth-order valence-corrected chi connectivity index (χ4v) is 4.20. The minimum Gasteiger partial charge on any atom is -0.378 e. The molecule has 0 N–H and O–H groups in total. The van der Waals surface area contributed by atoms with Crippen molar-refractivity contribution in [2.45, 2.75) is 45.1 Å². The summed E-state index contributed by atoms with van der Waals surface area (Å²) in [5, 5.41) is 4.31. The van der Waals surface area contributed by atoms with E-state index in [4.69, 9.17) is 4.18 Å². The van der Waals surface area contributed by atoms with Gasteiger partial charge in [-0.05, 0) is 68.7 Å². The molecule has 0 saturated carbocycles. The van der Waals surface area contributed by atoms with Crippen LogP contribution in [0.3, 0.4) is 0 Å². The molecule has 0 saturated heterocycles. The van der Waals surface area contributed by atoms with Gasteiger partial charge in [0, 0.05) is 0 Å². The zero-order valence-corrected chi connectivity index (χ0v) is 15.9. The molecular formula is C15H18BrFN2O3S. The van der Waals surface area contributed by atoms with Crippen LogP contribution in [0.4, 0.5) is 4.39 Å². The Labute approximate surface area is 143 Å². The first kappa shape index (κ1) is 17.9. The van der Waals surface area contributed by atoms with E-state index in [0.29, 0.717) is 11.4 Å². The molecule has 2 rings (SSSR count). The Kier molecular flexibility index (Phi) is 4.60. The quantitative estimate of drug-likeness (QED) is 0.727. The molecule has 0 fully saturated rings. The van der Waals surface area contributed by atoms with Gasteiger partial charge in [-0.1, -0.05) is 0 Å². The molecule has 0 radical (unpaired) electrons. The lowest BCUT2D eigenvalue weighted by molar-refractivity contribution is 0.345. The van der Waals surface area contributed by atoms with E-state index in [0.717, 1.165) is 12.1 Å². The van der Waals surface area contributed by atoms with Crippen LogP contribution in [0.15, 0.2) is 27.6 Å². The van der Waals surface area contributed by atoms with Crippen LogP contribution < -0.4 is 4.18 Å². The van der Waals surface area contributed by atoms with E-state index < -0.39 is 15.9 Å². The fourth-order valence-electron chi connectivity index (χ4n) is 2.35. The Morgan fingerprint density at radius 2 is 1.87 bits per heavy atom. The molecule has 0 aliphatic rings. The van der Waals surface area contributed by atoms with Gasteiger partial charge in [0.2, 0.25) is 0 Å². The second-order valence-electron chi connectivity index (χ2n) is 6.19. The van der Waals surface area contributed by atoms with Crippen LogP contribution in [0.1, 0.15) is 32.2 Å². The van der Waals surface area contributed by atoms with E-state index in [1.165, 1.54) is 6.07 Å². The van der Waals surface area contributed by atoms with E-state index in [-0.39, 0.29) is 20.7 Å². The van der Waals surface area contributed by atoms with Gasteiger partial charge >= 0.3 is 10.1 Å². The highest BCUT2D eigenvalue weighted by Crippen LogP contribution is 2.31. The summed E-state index contributed by atoms with van der Waals surface area (Å²) in [6.07, 6.45) is 0. The van der Waals surface area contributed by atoms with Crippen molar-refractivity contribution in [2.24, 2.45) is 0 Å². The lowest BCUT2D eigenvalue weighted by atomic mass is 10.1. The Bertz CT molecular complexity index is 854. The number of aromatic nitrogens is 2. The Hall–Kier alpha value is -1.41. The summed E-state index contributed by atoms with van der Waals surface area (Å²) in [4.78, 5) is 0.0312. The highest BCUT2D eigenvalue weighted by molar-refractivity contribution is 9.10. The molecule has 0 spiro atoms. The van der Waals surface area contributed by atoms with Gasteiger partial charge in [0.25, 0.3) is 0 Å². The second-order valence-corrected chi connectivity index (χ2v) is 8.53. The molecule has 126 valence electrons. The van der Waals surface area contributed by atoms with E-state index in [9.17, 15) is 12.8 Å². The molecule has 0 atom stereocenters. The zero-order chi connectivity index (χ0) is 17.6. The molecule has 0 amide bonds. The molecule has 5 nitrogen and oxygen atoms in total. The van der Waals surface area contributed by atoms with Gasteiger partial charge in [-0.3, -0.25) is 4.68 Å². The van der Waals surface area contributed by atoms with E-state index >= 15 is 0 Å². The number of nitrogens with zero attached hydrogens (tertiary/aromatic N) is 2. The van der Waals surface area contributed by atoms with Crippen molar-refractivity contribution in [3.05, 3.63) is 39.9 Å². The lowest BCUT2D eigenvalue weighted by Gasteiger charge is -2.21. The Balaban J connectivity index is 2.51. The number of aryl methyl sites for hydroxylation is 1. The normalized spacial score (nSPS) is 12.5. The maximum absolute atomic E-state index is 13.1. The number of benzene rings is 1. The summed E-state index contributed by atoms with van der Waals surface area (Å²) in [6, 6.07) is 3.53. The van der Waals surface area contributed by atoms with Crippen LogP contribution in [-0.2, 0) is 15.7 Å². The highest BCUT2D eigenvalue weighted by atomic mass is 79.9. The zero-order valence-electron chi connectivity index (χ0n) is 13.5. The molecule has 1 heterocycles. The first-order chi connectivity index (χ1) is 10.4. The minimum absolute atomic E-state index is 0.0220. The number of hydrogen-bond acceptors (Lipinski definition) is 4. The topological polar surface area (TPSA) is 61.2 Å². The van der Waals surface area contributed by atoms with Crippen molar-refractivity contribution >= 4 is 26.0 Å². The second kappa shape index (κ2) is 5.90. The van der Waals surface area contributed by atoms with Gasteiger partial charge in [0.1, 0.15) is 10.7 Å². The third-order valence-electron chi connectivity index (χ3n) is 3.20. The third-order valence-corrected chi connectivity index (χ3v) is 5.31. The highest BCUT2D eigenvalue weighted by Gasteiger charge is 2.30. The molecule has 8 heteroatoms. The summed E-state index contributed by atoms with van der Waals surface area (Å²) in [7, 11) is -4.09. The molecule has 1 aromatic carbocycles. The van der Waals surface area contributed by atoms with Gasteiger partial charge < -0.3 is 4.18 Å². The summed E-state index contributed by atoms with van der Waals surface area (Å²) in [5.74, 6) is -0.469. The smallest absolute Gasteiger partial charge is 0.342 e. The number of halogens is 2. The number of hydrogen-bond donors (Lipinski definition) is 0. The summed E-state index contributed by atoms with van der Waals surface area (Å²) >= 11 is 3.10. The Morgan fingerprint density at radius 1 is 1.26 bits per heavy atom. The van der Waals surface area contributed by atoms with Gasteiger partial charge in [0.15, 0.2) is 5.75 Å². The SMILES string of the molecule is Cc1nn(C(C)(C)C)c(C)c1S(=O)(=O)Oc1ccc(F)cc1Br. The predicted octanol–water partition coefficient (Wildman–Crippen LogP) is 3.92. The Morgan fingerprint density at radius 3 is 2.35 bits per heavy atom. The lowest BCUT2D eigenvalue weighted by Crippen LogP contribution is -2.24. The molecule has 0 aliphatic carbocycles. The molecule has 0 aliphatic heterocycles. The van der Waals surface area contributed by atoms with Crippen LogP contribution in [0.5, 0.6) is 5.75 Å². The fraction of sp³-hybridized carbons (Fsp3) is 0.400.